The Hall–Kier alpha value is -1.07. The van der Waals surface area contributed by atoms with E-state index in [-0.39, 0.29) is 10.4 Å². The molecular formula is C8H7ClO4S. The van der Waals surface area contributed by atoms with Crippen molar-refractivity contribution >= 4 is 32.7 Å². The first-order chi connectivity index (χ1) is 6.57. The van der Waals surface area contributed by atoms with Crippen molar-refractivity contribution in [1.82, 2.24) is 0 Å². The Morgan fingerprint density at radius 1 is 1.57 bits per heavy atom. The normalized spacial score (nSPS) is 20.3. The Labute approximate surface area is 87.3 Å². The van der Waals surface area contributed by atoms with E-state index in [9.17, 15) is 13.2 Å². The molecule has 0 aromatic carbocycles. The van der Waals surface area contributed by atoms with Crippen molar-refractivity contribution in [3.8, 4) is 0 Å². The lowest BCUT2D eigenvalue weighted by atomic mass is 10.0. The molecule has 4 nitrogen and oxygen atoms in total. The van der Waals surface area contributed by atoms with Crippen LogP contribution >= 0.6 is 11.6 Å². The average Bonchev–Trinajstić information content (AvgIpc) is 2.16. The monoisotopic (exact) mass is 234 g/mol. The number of rotatable bonds is 1. The van der Waals surface area contributed by atoms with E-state index in [4.69, 9.17) is 11.6 Å². The van der Waals surface area contributed by atoms with Crippen LogP contribution in [0.25, 0.3) is 0 Å². The molecular weight excluding hydrogens is 228 g/mol. The summed E-state index contributed by atoms with van der Waals surface area (Å²) in [6.45, 7) is 0. The fourth-order valence-corrected chi connectivity index (χ4v) is 1.94. The van der Waals surface area contributed by atoms with Crippen molar-refractivity contribution in [2.75, 3.05) is 7.11 Å². The summed E-state index contributed by atoms with van der Waals surface area (Å²) in [6, 6.07) is 0. The van der Waals surface area contributed by atoms with Crippen LogP contribution in [0.3, 0.4) is 0 Å². The third kappa shape index (κ3) is 2.05. The van der Waals surface area contributed by atoms with E-state index in [2.05, 4.69) is 4.74 Å². The number of carbonyl (C=O) groups is 1. The molecule has 0 spiro atoms. The van der Waals surface area contributed by atoms with Gasteiger partial charge in [-0.05, 0) is 12.2 Å². The largest absolute Gasteiger partial charge is 0.466 e. The fourth-order valence-electron chi connectivity index (χ4n) is 0.998. The van der Waals surface area contributed by atoms with Gasteiger partial charge in [-0.2, -0.15) is 8.42 Å². The van der Waals surface area contributed by atoms with E-state index in [1.165, 1.54) is 25.3 Å². The van der Waals surface area contributed by atoms with Crippen molar-refractivity contribution in [3.63, 3.8) is 0 Å². The maximum Gasteiger partial charge on any atom is 0.335 e. The van der Waals surface area contributed by atoms with Crippen LogP contribution in [0.5, 0.6) is 0 Å². The summed E-state index contributed by atoms with van der Waals surface area (Å²) in [6.07, 6.45) is 4.21. The van der Waals surface area contributed by atoms with Crippen molar-refractivity contribution in [3.05, 3.63) is 23.8 Å². The van der Waals surface area contributed by atoms with Gasteiger partial charge in [0.15, 0.2) is 0 Å². The van der Waals surface area contributed by atoms with Crippen LogP contribution in [0.1, 0.15) is 0 Å². The number of carbonyl (C=O) groups excluding carboxylic acids is 1. The van der Waals surface area contributed by atoms with Gasteiger partial charge in [-0.3, -0.25) is 0 Å². The number of esters is 1. The van der Waals surface area contributed by atoms with Crippen LogP contribution in [0, 0.1) is 0 Å². The molecule has 6 heteroatoms. The van der Waals surface area contributed by atoms with Gasteiger partial charge < -0.3 is 4.74 Å². The average molecular weight is 235 g/mol. The van der Waals surface area contributed by atoms with Gasteiger partial charge in [0.25, 0.3) is 0 Å². The van der Waals surface area contributed by atoms with Crippen LogP contribution < -0.4 is 0 Å². The molecule has 0 saturated carbocycles. The molecule has 0 amide bonds. The zero-order chi connectivity index (χ0) is 10.7. The number of alkyl halides is 1. The third-order valence-corrected chi connectivity index (χ3v) is 3.03. The molecule has 0 aromatic rings. The molecule has 0 bridgehead atoms. The van der Waals surface area contributed by atoms with Gasteiger partial charge in [0.1, 0.15) is 5.38 Å². The van der Waals surface area contributed by atoms with Gasteiger partial charge >= 0.3 is 5.97 Å². The molecule has 1 atom stereocenters. The Bertz CT molecular complexity index is 436. The van der Waals surface area contributed by atoms with Gasteiger partial charge in [0.05, 0.1) is 17.5 Å². The van der Waals surface area contributed by atoms with Crippen LogP contribution in [0.15, 0.2) is 23.8 Å². The molecule has 0 aliphatic heterocycles. The second-order valence-corrected chi connectivity index (χ2v) is 3.85. The highest BCUT2D eigenvalue weighted by Crippen LogP contribution is 2.17. The predicted octanol–water partition coefficient (Wildman–Crippen LogP) is 0.315. The van der Waals surface area contributed by atoms with Crippen LogP contribution in [0.4, 0.5) is 0 Å². The van der Waals surface area contributed by atoms with E-state index in [1.807, 2.05) is 0 Å². The lowest BCUT2D eigenvalue weighted by molar-refractivity contribution is -0.136. The highest BCUT2D eigenvalue weighted by Gasteiger charge is 2.25. The molecule has 0 fully saturated rings. The smallest absolute Gasteiger partial charge is 0.335 e. The summed E-state index contributed by atoms with van der Waals surface area (Å²) >= 11 is 5.77. The van der Waals surface area contributed by atoms with Gasteiger partial charge in [-0.1, -0.05) is 6.08 Å². The minimum atomic E-state index is -2.42. The van der Waals surface area contributed by atoms with Gasteiger partial charge in [0, 0.05) is 0 Å². The Balaban J connectivity index is 3.15. The van der Waals surface area contributed by atoms with E-state index in [0.717, 1.165) is 0 Å². The lowest BCUT2D eigenvalue weighted by Gasteiger charge is -2.12. The number of ether oxygens (including phenoxy) is 1. The third-order valence-electron chi connectivity index (χ3n) is 1.67. The standard InChI is InChI=1S/C8H7ClO4S/c1-13-8(10)5-3-2-4-6(7(5)9)14(11)12/h2-4,7H,1H3. The first-order valence-corrected chi connectivity index (χ1v) is 5.15. The lowest BCUT2D eigenvalue weighted by Crippen LogP contribution is -2.24. The molecule has 0 heterocycles. The van der Waals surface area contributed by atoms with Crippen molar-refractivity contribution in [1.29, 1.82) is 0 Å². The number of methoxy groups -OCH3 is 1. The Morgan fingerprint density at radius 2 is 2.21 bits per heavy atom. The fraction of sp³-hybridized carbons (Fsp3) is 0.250. The molecule has 0 saturated heterocycles. The number of hydrogen-bond donors (Lipinski definition) is 0. The second kappa shape index (κ2) is 4.43. The zero-order valence-corrected chi connectivity index (χ0v) is 8.80. The molecule has 1 unspecified atom stereocenters. The van der Waals surface area contributed by atoms with Crippen LogP contribution in [0.2, 0.25) is 0 Å². The summed E-state index contributed by atoms with van der Waals surface area (Å²) in [5.41, 5.74) is 0.121. The van der Waals surface area contributed by atoms with Crippen molar-refractivity contribution in [2.45, 2.75) is 5.38 Å². The van der Waals surface area contributed by atoms with Crippen LogP contribution in [-0.4, -0.2) is 31.7 Å². The SMILES string of the molecule is COC(=O)C1=CC=CC(=S(=O)=O)C1Cl. The van der Waals surface area contributed by atoms with E-state index >= 15 is 0 Å². The molecule has 1 aliphatic carbocycles. The van der Waals surface area contributed by atoms with E-state index in [1.54, 1.807) is 0 Å². The summed E-state index contributed by atoms with van der Waals surface area (Å²) in [7, 11) is -1.21. The minimum Gasteiger partial charge on any atom is -0.466 e. The summed E-state index contributed by atoms with van der Waals surface area (Å²) in [4.78, 5) is 11.1. The van der Waals surface area contributed by atoms with Gasteiger partial charge in [0.2, 0.25) is 10.3 Å². The molecule has 0 N–H and O–H groups in total. The van der Waals surface area contributed by atoms with Gasteiger partial charge in [-0.15, -0.1) is 11.6 Å². The van der Waals surface area contributed by atoms with Crippen molar-refractivity contribution in [2.24, 2.45) is 0 Å². The Kier molecular flexibility index (Phi) is 3.49. The molecule has 0 radical (unpaired) electrons. The van der Waals surface area contributed by atoms with E-state index in [0.29, 0.717) is 0 Å². The molecule has 14 heavy (non-hydrogen) atoms. The highest BCUT2D eigenvalue weighted by molar-refractivity contribution is 7.73. The summed E-state index contributed by atoms with van der Waals surface area (Å²) in [5, 5.41) is -0.967. The predicted molar refractivity (Wildman–Crippen MR) is 52.8 cm³/mol. The topological polar surface area (TPSA) is 60.4 Å². The maximum absolute atomic E-state index is 11.1. The number of halogens is 1. The molecule has 76 valence electrons. The first kappa shape index (κ1) is 11.0. The molecule has 1 aliphatic rings. The number of hydrogen-bond acceptors (Lipinski definition) is 4. The van der Waals surface area contributed by atoms with Crippen LogP contribution in [-0.2, 0) is 19.8 Å². The van der Waals surface area contributed by atoms with Gasteiger partial charge in [-0.25, -0.2) is 4.79 Å². The van der Waals surface area contributed by atoms with Crippen molar-refractivity contribution < 1.29 is 17.9 Å². The first-order valence-electron chi connectivity index (χ1n) is 3.64. The summed E-state index contributed by atoms with van der Waals surface area (Å²) < 4.78 is 25.8. The molecule has 0 aromatic heterocycles. The minimum absolute atomic E-state index is 0.0328. The second-order valence-electron chi connectivity index (χ2n) is 2.47. The highest BCUT2D eigenvalue weighted by atomic mass is 35.5. The Morgan fingerprint density at radius 3 is 2.71 bits per heavy atom. The molecule has 1 rings (SSSR count). The number of allylic oxidation sites excluding steroid dienone is 3. The zero-order valence-electron chi connectivity index (χ0n) is 7.23. The quantitative estimate of drug-likeness (QED) is 0.372. The van der Waals surface area contributed by atoms with E-state index < -0.39 is 21.6 Å². The summed E-state index contributed by atoms with van der Waals surface area (Å²) in [5.74, 6) is -0.627. The maximum atomic E-state index is 11.1.